The molecule has 0 aliphatic carbocycles. The molecule has 0 saturated carbocycles. The van der Waals surface area contributed by atoms with Crippen LogP contribution in [0.15, 0.2) is 29.2 Å². The maximum absolute atomic E-state index is 10.5. The lowest BCUT2D eigenvalue weighted by molar-refractivity contribution is 0.0573. The molecule has 6 heteroatoms. The molecule has 0 heterocycles. The van der Waals surface area contributed by atoms with Crippen molar-refractivity contribution in [3.05, 3.63) is 29.8 Å². The van der Waals surface area contributed by atoms with E-state index in [0.29, 0.717) is 0 Å². The van der Waals surface area contributed by atoms with E-state index in [1.807, 2.05) is 0 Å². The van der Waals surface area contributed by atoms with Gasteiger partial charge in [-0.2, -0.15) is 8.42 Å². The standard InChI is InChI=1S/C7H5O5S/c8-7(9)5-2-1-3-6(4-5)13(10,11)12/h1-4H,(H,10,11,12). The zero-order chi connectivity index (χ0) is 10.1. The average molecular weight is 201 g/mol. The molecule has 0 aliphatic rings. The number of benzene rings is 1. The van der Waals surface area contributed by atoms with Crippen LogP contribution in [0.4, 0.5) is 0 Å². The van der Waals surface area contributed by atoms with Gasteiger partial charge >= 0.3 is 5.97 Å². The van der Waals surface area contributed by atoms with Crippen molar-refractivity contribution in [2.45, 2.75) is 4.90 Å². The van der Waals surface area contributed by atoms with Gasteiger partial charge in [-0.15, -0.1) is 0 Å². The van der Waals surface area contributed by atoms with E-state index in [0.717, 1.165) is 12.1 Å². The molecule has 0 spiro atoms. The van der Waals surface area contributed by atoms with Gasteiger partial charge in [0.2, 0.25) is 0 Å². The lowest BCUT2D eigenvalue weighted by atomic mass is 10.2. The lowest BCUT2D eigenvalue weighted by Crippen LogP contribution is -2.01. The molecule has 0 aromatic heterocycles. The normalized spacial score (nSPS) is 11.2. The van der Waals surface area contributed by atoms with E-state index in [2.05, 4.69) is 0 Å². The Balaban J connectivity index is 3.29. The maximum atomic E-state index is 10.5. The van der Waals surface area contributed by atoms with Gasteiger partial charge in [0.15, 0.2) is 0 Å². The molecule has 0 unspecified atom stereocenters. The molecule has 0 bridgehead atoms. The monoisotopic (exact) mass is 201 g/mol. The van der Waals surface area contributed by atoms with Crippen molar-refractivity contribution >= 4 is 16.1 Å². The minimum absolute atomic E-state index is 0.296. The van der Waals surface area contributed by atoms with Crippen LogP contribution in [-0.4, -0.2) is 18.9 Å². The maximum Gasteiger partial charge on any atom is 0.386 e. The van der Waals surface area contributed by atoms with Crippen molar-refractivity contribution < 1.29 is 22.9 Å². The van der Waals surface area contributed by atoms with E-state index in [1.54, 1.807) is 0 Å². The molecule has 0 saturated heterocycles. The quantitative estimate of drug-likeness (QED) is 0.705. The van der Waals surface area contributed by atoms with Gasteiger partial charge in [0, 0.05) is 0 Å². The number of rotatable bonds is 2. The Morgan fingerprint density at radius 1 is 1.31 bits per heavy atom. The second kappa shape index (κ2) is 3.15. The largest absolute Gasteiger partial charge is 0.386 e. The van der Waals surface area contributed by atoms with Crippen LogP contribution in [0.5, 0.6) is 0 Å². The zero-order valence-corrected chi connectivity index (χ0v) is 7.11. The molecule has 5 nitrogen and oxygen atoms in total. The summed E-state index contributed by atoms with van der Waals surface area (Å²) in [6, 6.07) is 4.28. The number of hydrogen-bond donors (Lipinski definition) is 1. The minimum atomic E-state index is -4.35. The van der Waals surface area contributed by atoms with E-state index in [-0.39, 0.29) is 5.56 Å². The van der Waals surface area contributed by atoms with Crippen molar-refractivity contribution in [1.82, 2.24) is 0 Å². The van der Waals surface area contributed by atoms with Gasteiger partial charge in [-0.1, -0.05) is 6.07 Å². The molecule has 0 atom stereocenters. The fourth-order valence-electron chi connectivity index (χ4n) is 0.784. The summed E-state index contributed by atoms with van der Waals surface area (Å²) >= 11 is 0. The van der Waals surface area contributed by atoms with Crippen molar-refractivity contribution in [2.75, 3.05) is 0 Å². The first-order valence-electron chi connectivity index (χ1n) is 3.20. The van der Waals surface area contributed by atoms with Crippen LogP contribution in [0.2, 0.25) is 0 Å². The molecular formula is C7H5O5S. The van der Waals surface area contributed by atoms with Gasteiger partial charge in [-0.3, -0.25) is 4.55 Å². The zero-order valence-electron chi connectivity index (χ0n) is 6.30. The number of carbonyl (C=O) groups excluding carboxylic acids is 1. The average Bonchev–Trinajstić information content (AvgIpc) is 2.03. The molecule has 1 radical (unpaired) electrons. The van der Waals surface area contributed by atoms with E-state index >= 15 is 0 Å². The summed E-state index contributed by atoms with van der Waals surface area (Å²) in [5, 5.41) is 10.3. The Hall–Kier alpha value is -1.40. The highest BCUT2D eigenvalue weighted by molar-refractivity contribution is 7.85. The summed E-state index contributed by atoms with van der Waals surface area (Å²) in [7, 11) is -4.35. The minimum Gasteiger partial charge on any atom is -0.282 e. The van der Waals surface area contributed by atoms with Gasteiger partial charge in [0.25, 0.3) is 10.1 Å². The Kier molecular flexibility index (Phi) is 2.35. The second-order valence-electron chi connectivity index (χ2n) is 2.29. The summed E-state index contributed by atoms with van der Waals surface area (Å²) < 4.78 is 29.7. The number of hydrogen-bond acceptors (Lipinski definition) is 3. The van der Waals surface area contributed by atoms with Crippen LogP contribution in [0.25, 0.3) is 0 Å². The predicted octanol–water partition coefficient (Wildman–Crippen LogP) is 0.504. The van der Waals surface area contributed by atoms with E-state index in [9.17, 15) is 18.3 Å². The summed E-state index contributed by atoms with van der Waals surface area (Å²) in [6.45, 7) is 0. The van der Waals surface area contributed by atoms with Crippen molar-refractivity contribution in [3.8, 4) is 0 Å². The highest BCUT2D eigenvalue weighted by Gasteiger charge is 2.12. The topological polar surface area (TPSA) is 91.3 Å². The molecule has 13 heavy (non-hydrogen) atoms. The highest BCUT2D eigenvalue weighted by atomic mass is 32.2. The lowest BCUT2D eigenvalue weighted by Gasteiger charge is -1.96. The Morgan fingerprint density at radius 2 is 1.92 bits per heavy atom. The molecular weight excluding hydrogens is 196 g/mol. The van der Waals surface area contributed by atoms with Gasteiger partial charge in [0.05, 0.1) is 10.5 Å². The van der Waals surface area contributed by atoms with Crippen LogP contribution in [0.1, 0.15) is 10.4 Å². The molecule has 0 aliphatic heterocycles. The summed E-state index contributed by atoms with van der Waals surface area (Å²) in [5.41, 5.74) is -0.296. The van der Waals surface area contributed by atoms with Gasteiger partial charge < -0.3 is 0 Å². The first-order valence-corrected chi connectivity index (χ1v) is 4.64. The SMILES string of the molecule is [O]C(=O)c1cccc(S(=O)(=O)O)c1. The Morgan fingerprint density at radius 3 is 2.38 bits per heavy atom. The van der Waals surface area contributed by atoms with E-state index in [4.69, 9.17) is 4.55 Å². The van der Waals surface area contributed by atoms with Crippen molar-refractivity contribution in [3.63, 3.8) is 0 Å². The third-order valence-corrected chi connectivity index (χ3v) is 2.22. The fourth-order valence-corrected chi connectivity index (χ4v) is 1.31. The fraction of sp³-hybridized carbons (Fsp3) is 0. The molecule has 1 rings (SSSR count). The molecule has 69 valence electrons. The number of carbonyl (C=O) groups is 1. The van der Waals surface area contributed by atoms with Crippen molar-refractivity contribution in [2.24, 2.45) is 0 Å². The molecule has 1 N–H and O–H groups in total. The van der Waals surface area contributed by atoms with E-state index < -0.39 is 21.0 Å². The predicted molar refractivity (Wildman–Crippen MR) is 41.3 cm³/mol. The molecule has 1 aromatic carbocycles. The summed E-state index contributed by atoms with van der Waals surface area (Å²) in [4.78, 5) is 9.83. The van der Waals surface area contributed by atoms with Gasteiger partial charge in [-0.05, 0) is 18.2 Å². The van der Waals surface area contributed by atoms with Gasteiger partial charge in [0.1, 0.15) is 0 Å². The highest BCUT2D eigenvalue weighted by Crippen LogP contribution is 2.10. The van der Waals surface area contributed by atoms with Crippen LogP contribution >= 0.6 is 0 Å². The first-order chi connectivity index (χ1) is 5.91. The second-order valence-corrected chi connectivity index (χ2v) is 3.71. The third kappa shape index (κ3) is 2.27. The Bertz CT molecular complexity index is 434. The van der Waals surface area contributed by atoms with E-state index in [1.165, 1.54) is 12.1 Å². The first kappa shape index (κ1) is 9.69. The summed E-state index contributed by atoms with van der Waals surface area (Å²) in [6.07, 6.45) is 0. The molecule has 0 amide bonds. The molecule has 1 aromatic rings. The van der Waals surface area contributed by atoms with Crippen LogP contribution in [-0.2, 0) is 15.2 Å². The van der Waals surface area contributed by atoms with Crippen molar-refractivity contribution in [1.29, 1.82) is 0 Å². The van der Waals surface area contributed by atoms with Crippen LogP contribution in [0.3, 0.4) is 0 Å². The van der Waals surface area contributed by atoms with Crippen LogP contribution in [0, 0.1) is 0 Å². The Labute approximate surface area is 74.4 Å². The summed E-state index contributed by atoms with van der Waals surface area (Å²) in [5.74, 6) is -1.49. The van der Waals surface area contributed by atoms with Gasteiger partial charge in [-0.25, -0.2) is 9.90 Å². The molecule has 0 fully saturated rings. The third-order valence-electron chi connectivity index (χ3n) is 1.37. The van der Waals surface area contributed by atoms with Crippen LogP contribution < -0.4 is 0 Å². The smallest absolute Gasteiger partial charge is 0.282 e.